The van der Waals surface area contributed by atoms with E-state index in [9.17, 15) is 9.18 Å². The number of carbonyl (C=O) groups is 1. The normalized spacial score (nSPS) is 21.3. The maximum atomic E-state index is 14.1. The summed E-state index contributed by atoms with van der Waals surface area (Å²) in [5, 5.41) is 13.7. The third-order valence-electron chi connectivity index (χ3n) is 4.14. The van der Waals surface area contributed by atoms with Gasteiger partial charge < -0.3 is 4.90 Å². The molecule has 0 aromatic carbocycles. The van der Waals surface area contributed by atoms with Crippen molar-refractivity contribution in [3.63, 3.8) is 0 Å². The number of H-pyrrole nitrogens is 1. The van der Waals surface area contributed by atoms with Crippen molar-refractivity contribution in [3.8, 4) is 0 Å². The Morgan fingerprint density at radius 3 is 2.62 bits per heavy atom. The Bertz CT molecular complexity index is 531. The SMILES string of the molecule is C/C(=C(/F)C(=O)N1CCN(Cc2nn[nH]n2)CC1)C1CC1. The second-order valence-electron chi connectivity index (χ2n) is 5.67. The lowest BCUT2D eigenvalue weighted by atomic mass is 10.1. The summed E-state index contributed by atoms with van der Waals surface area (Å²) in [5.74, 6) is -0.0957. The lowest BCUT2D eigenvalue weighted by molar-refractivity contribution is -0.130. The number of tetrazole rings is 1. The maximum absolute atomic E-state index is 14.1. The van der Waals surface area contributed by atoms with Crippen molar-refractivity contribution in [2.75, 3.05) is 26.2 Å². The first-order chi connectivity index (χ1) is 10.1. The second kappa shape index (κ2) is 5.88. The number of hydrogen-bond donors (Lipinski definition) is 1. The van der Waals surface area contributed by atoms with E-state index >= 15 is 0 Å². The van der Waals surface area contributed by atoms with Gasteiger partial charge in [0.25, 0.3) is 5.91 Å². The van der Waals surface area contributed by atoms with E-state index < -0.39 is 11.7 Å². The van der Waals surface area contributed by atoms with Gasteiger partial charge in [-0.15, -0.1) is 10.2 Å². The highest BCUT2D eigenvalue weighted by Gasteiger charge is 2.31. The highest BCUT2D eigenvalue weighted by Crippen LogP contribution is 2.38. The van der Waals surface area contributed by atoms with E-state index in [-0.39, 0.29) is 5.92 Å². The number of aromatic amines is 1. The van der Waals surface area contributed by atoms with E-state index in [0.717, 1.165) is 12.8 Å². The fraction of sp³-hybridized carbons (Fsp3) is 0.692. The molecule has 2 fully saturated rings. The summed E-state index contributed by atoms with van der Waals surface area (Å²) in [5.41, 5.74) is 0.620. The van der Waals surface area contributed by atoms with Crippen LogP contribution in [0.1, 0.15) is 25.6 Å². The summed E-state index contributed by atoms with van der Waals surface area (Å²) in [7, 11) is 0. The van der Waals surface area contributed by atoms with Gasteiger partial charge in [-0.3, -0.25) is 9.69 Å². The molecule has 114 valence electrons. The zero-order chi connectivity index (χ0) is 14.8. The summed E-state index contributed by atoms with van der Waals surface area (Å²) in [6, 6.07) is 0. The predicted molar refractivity (Wildman–Crippen MR) is 72.6 cm³/mol. The molecular weight excluding hydrogens is 275 g/mol. The summed E-state index contributed by atoms with van der Waals surface area (Å²) < 4.78 is 14.1. The van der Waals surface area contributed by atoms with Gasteiger partial charge in [-0.2, -0.15) is 5.21 Å². The number of rotatable bonds is 4. The molecule has 1 saturated carbocycles. The van der Waals surface area contributed by atoms with Gasteiger partial charge >= 0.3 is 0 Å². The molecule has 0 atom stereocenters. The third kappa shape index (κ3) is 3.26. The molecule has 1 N–H and O–H groups in total. The number of carbonyl (C=O) groups excluding carboxylic acids is 1. The van der Waals surface area contributed by atoms with Crippen LogP contribution in [0.2, 0.25) is 0 Å². The van der Waals surface area contributed by atoms with E-state index in [1.54, 1.807) is 11.8 Å². The minimum Gasteiger partial charge on any atom is -0.334 e. The quantitative estimate of drug-likeness (QED) is 0.818. The number of piperazine rings is 1. The van der Waals surface area contributed by atoms with Crippen LogP contribution in [0, 0.1) is 5.92 Å². The van der Waals surface area contributed by atoms with E-state index in [1.807, 2.05) is 0 Å². The van der Waals surface area contributed by atoms with Crippen LogP contribution in [-0.2, 0) is 11.3 Å². The molecule has 1 aliphatic carbocycles. The van der Waals surface area contributed by atoms with Crippen molar-refractivity contribution in [3.05, 3.63) is 17.2 Å². The predicted octanol–water partition coefficient (Wildman–Crippen LogP) is 0.497. The molecule has 8 heteroatoms. The van der Waals surface area contributed by atoms with Crippen LogP contribution in [-0.4, -0.2) is 62.5 Å². The number of halogens is 1. The van der Waals surface area contributed by atoms with Crippen LogP contribution in [0.25, 0.3) is 0 Å². The molecule has 0 bridgehead atoms. The summed E-state index contributed by atoms with van der Waals surface area (Å²) in [6.07, 6.45) is 2.01. The monoisotopic (exact) mass is 294 g/mol. The first-order valence-corrected chi connectivity index (χ1v) is 7.25. The first-order valence-electron chi connectivity index (χ1n) is 7.25. The van der Waals surface area contributed by atoms with E-state index in [0.29, 0.717) is 44.1 Å². The van der Waals surface area contributed by atoms with Crippen LogP contribution in [0.3, 0.4) is 0 Å². The molecule has 2 heterocycles. The lowest BCUT2D eigenvalue weighted by Gasteiger charge is -2.33. The number of aromatic nitrogens is 4. The molecule has 3 rings (SSSR count). The average Bonchev–Trinajstić information content (AvgIpc) is 3.24. The number of amides is 1. The smallest absolute Gasteiger partial charge is 0.282 e. The fourth-order valence-electron chi connectivity index (χ4n) is 2.56. The second-order valence-corrected chi connectivity index (χ2v) is 5.67. The number of allylic oxidation sites excluding steroid dienone is 1. The summed E-state index contributed by atoms with van der Waals surface area (Å²) >= 11 is 0. The van der Waals surface area contributed by atoms with Gasteiger partial charge in [-0.25, -0.2) is 4.39 Å². The molecule has 0 radical (unpaired) electrons. The van der Waals surface area contributed by atoms with Crippen molar-refractivity contribution in [2.24, 2.45) is 5.92 Å². The Labute approximate surface area is 122 Å². The minimum absolute atomic E-state index is 0.286. The molecule has 7 nitrogen and oxygen atoms in total. The Kier molecular flexibility index (Phi) is 3.96. The standard InChI is InChI=1S/C13H19FN6O/c1-9(10-2-3-10)12(14)13(21)20-6-4-19(5-7-20)8-11-15-17-18-16-11/h10H,2-8H2,1H3,(H,15,16,17,18)/b12-9-. The Hall–Kier alpha value is -1.83. The summed E-state index contributed by atoms with van der Waals surface area (Å²) in [6.45, 7) is 4.77. The maximum Gasteiger partial charge on any atom is 0.282 e. The van der Waals surface area contributed by atoms with Gasteiger partial charge in [0.15, 0.2) is 11.7 Å². The first kappa shape index (κ1) is 14.1. The lowest BCUT2D eigenvalue weighted by Crippen LogP contribution is -2.48. The minimum atomic E-state index is -0.552. The number of hydrogen-bond acceptors (Lipinski definition) is 5. The van der Waals surface area contributed by atoms with Crippen LogP contribution in [0.5, 0.6) is 0 Å². The van der Waals surface area contributed by atoms with Crippen LogP contribution in [0.15, 0.2) is 11.4 Å². The molecule has 1 aromatic heterocycles. The van der Waals surface area contributed by atoms with E-state index in [4.69, 9.17) is 0 Å². The average molecular weight is 294 g/mol. The highest BCUT2D eigenvalue weighted by molar-refractivity contribution is 5.92. The highest BCUT2D eigenvalue weighted by atomic mass is 19.1. The van der Waals surface area contributed by atoms with Gasteiger partial charge in [-0.05, 0) is 31.3 Å². The van der Waals surface area contributed by atoms with Gasteiger partial charge in [0, 0.05) is 26.2 Å². The van der Waals surface area contributed by atoms with Crippen molar-refractivity contribution in [2.45, 2.75) is 26.3 Å². The molecule has 1 saturated heterocycles. The van der Waals surface area contributed by atoms with Crippen molar-refractivity contribution in [1.82, 2.24) is 30.4 Å². The fourth-order valence-corrected chi connectivity index (χ4v) is 2.56. The van der Waals surface area contributed by atoms with Crippen molar-refractivity contribution in [1.29, 1.82) is 0 Å². The van der Waals surface area contributed by atoms with Crippen LogP contribution >= 0.6 is 0 Å². The molecule has 1 aliphatic heterocycles. The third-order valence-corrected chi connectivity index (χ3v) is 4.14. The molecule has 0 unspecified atom stereocenters. The van der Waals surface area contributed by atoms with E-state index in [1.165, 1.54) is 0 Å². The molecule has 1 amide bonds. The molecule has 1 aromatic rings. The molecular formula is C13H19FN6O. The summed E-state index contributed by atoms with van der Waals surface area (Å²) in [4.78, 5) is 15.9. The number of nitrogens with zero attached hydrogens (tertiary/aromatic N) is 5. The van der Waals surface area contributed by atoms with Gasteiger partial charge in [-0.1, -0.05) is 5.21 Å². The molecule has 21 heavy (non-hydrogen) atoms. The Balaban J connectivity index is 1.53. The molecule has 0 spiro atoms. The zero-order valence-corrected chi connectivity index (χ0v) is 12.0. The topological polar surface area (TPSA) is 78.0 Å². The Morgan fingerprint density at radius 1 is 1.33 bits per heavy atom. The van der Waals surface area contributed by atoms with Crippen molar-refractivity contribution < 1.29 is 9.18 Å². The Morgan fingerprint density at radius 2 is 2.05 bits per heavy atom. The van der Waals surface area contributed by atoms with Gasteiger partial charge in [0.1, 0.15) is 0 Å². The van der Waals surface area contributed by atoms with Crippen LogP contribution in [0.4, 0.5) is 4.39 Å². The van der Waals surface area contributed by atoms with Gasteiger partial charge in [0.05, 0.1) is 6.54 Å². The molecule has 2 aliphatic rings. The largest absolute Gasteiger partial charge is 0.334 e. The van der Waals surface area contributed by atoms with Crippen molar-refractivity contribution >= 4 is 5.91 Å². The van der Waals surface area contributed by atoms with E-state index in [2.05, 4.69) is 25.5 Å². The zero-order valence-electron chi connectivity index (χ0n) is 12.0. The number of nitrogens with one attached hydrogen (secondary N) is 1. The van der Waals surface area contributed by atoms with Crippen LogP contribution < -0.4 is 0 Å². The van der Waals surface area contributed by atoms with Gasteiger partial charge in [0.2, 0.25) is 0 Å².